The number of hydrogen-bond acceptors (Lipinski definition) is 5. The van der Waals surface area contributed by atoms with E-state index in [0.717, 1.165) is 38.3 Å². The van der Waals surface area contributed by atoms with Gasteiger partial charge in [-0.15, -0.1) is 0 Å². The summed E-state index contributed by atoms with van der Waals surface area (Å²) in [6.45, 7) is 6.67. The fraction of sp³-hybridized carbons (Fsp3) is 0.533. The van der Waals surface area contributed by atoms with Crippen molar-refractivity contribution in [1.82, 2.24) is 10.2 Å². The molecule has 0 bridgehead atoms. The molecule has 5 nitrogen and oxygen atoms in total. The molecule has 1 N–H and O–H groups in total. The largest absolute Gasteiger partial charge is 0.494 e. The van der Waals surface area contributed by atoms with E-state index >= 15 is 0 Å². The molecule has 1 fully saturated rings. The first kappa shape index (κ1) is 14.8. The first-order valence-electron chi connectivity index (χ1n) is 7.14. The minimum atomic E-state index is -0.212. The van der Waals surface area contributed by atoms with Crippen LogP contribution in [0.3, 0.4) is 0 Å². The quantitative estimate of drug-likeness (QED) is 0.649. The van der Waals surface area contributed by atoms with E-state index in [-0.39, 0.29) is 5.97 Å². The van der Waals surface area contributed by atoms with Crippen LogP contribution in [0.4, 0.5) is 0 Å². The topological polar surface area (TPSA) is 50.8 Å². The van der Waals surface area contributed by atoms with Crippen LogP contribution in [0.2, 0.25) is 0 Å². The molecule has 0 aliphatic carbocycles. The van der Waals surface area contributed by atoms with Crippen LogP contribution in [0, 0.1) is 0 Å². The second kappa shape index (κ2) is 7.87. The maximum atomic E-state index is 11.9. The Bertz CT molecular complexity index is 412. The van der Waals surface area contributed by atoms with Crippen molar-refractivity contribution in [3.63, 3.8) is 0 Å². The highest BCUT2D eigenvalue weighted by atomic mass is 16.5. The van der Waals surface area contributed by atoms with E-state index in [1.165, 1.54) is 0 Å². The van der Waals surface area contributed by atoms with Crippen LogP contribution >= 0.6 is 0 Å². The van der Waals surface area contributed by atoms with Crippen molar-refractivity contribution in [3.05, 3.63) is 24.3 Å². The van der Waals surface area contributed by atoms with E-state index in [4.69, 9.17) is 9.47 Å². The predicted octanol–water partition coefficient (Wildman–Crippen LogP) is 1.29. The molecule has 0 saturated carbocycles. The average molecular weight is 278 g/mol. The van der Waals surface area contributed by atoms with Gasteiger partial charge in [0.2, 0.25) is 0 Å². The SMILES string of the molecule is CCOc1ccc(OC(=O)CN2CCCNCC2)cc1. The molecule has 1 aliphatic heterocycles. The number of benzene rings is 1. The van der Waals surface area contributed by atoms with Gasteiger partial charge in [-0.1, -0.05) is 0 Å². The van der Waals surface area contributed by atoms with Gasteiger partial charge < -0.3 is 14.8 Å². The van der Waals surface area contributed by atoms with Crippen LogP contribution in [0.5, 0.6) is 11.5 Å². The third-order valence-electron chi connectivity index (χ3n) is 3.15. The highest BCUT2D eigenvalue weighted by Crippen LogP contribution is 2.17. The predicted molar refractivity (Wildman–Crippen MR) is 77.2 cm³/mol. The minimum Gasteiger partial charge on any atom is -0.494 e. The Morgan fingerprint density at radius 1 is 1.20 bits per heavy atom. The zero-order valence-electron chi connectivity index (χ0n) is 11.9. The molecule has 0 atom stereocenters. The standard InChI is InChI=1S/C15H22N2O3/c1-2-19-13-4-6-14(7-5-13)20-15(18)12-17-10-3-8-16-9-11-17/h4-7,16H,2-3,8-12H2,1H3. The normalized spacial score (nSPS) is 16.4. The van der Waals surface area contributed by atoms with Gasteiger partial charge in [0.1, 0.15) is 11.5 Å². The van der Waals surface area contributed by atoms with Gasteiger partial charge in [0.25, 0.3) is 0 Å². The van der Waals surface area contributed by atoms with Crippen LogP contribution in [0.15, 0.2) is 24.3 Å². The zero-order chi connectivity index (χ0) is 14.2. The van der Waals surface area contributed by atoms with Gasteiger partial charge in [-0.25, -0.2) is 0 Å². The van der Waals surface area contributed by atoms with Gasteiger partial charge in [0.15, 0.2) is 0 Å². The maximum absolute atomic E-state index is 11.9. The second-order valence-electron chi connectivity index (χ2n) is 4.76. The molecule has 1 aromatic carbocycles. The summed E-state index contributed by atoms with van der Waals surface area (Å²) in [7, 11) is 0. The molecule has 0 unspecified atom stereocenters. The molecule has 110 valence electrons. The Labute approximate surface area is 119 Å². The van der Waals surface area contributed by atoms with E-state index in [1.54, 1.807) is 12.1 Å². The number of carbonyl (C=O) groups excluding carboxylic acids is 1. The van der Waals surface area contributed by atoms with Gasteiger partial charge in [0, 0.05) is 13.1 Å². The van der Waals surface area contributed by atoms with Gasteiger partial charge in [-0.3, -0.25) is 9.69 Å². The van der Waals surface area contributed by atoms with E-state index < -0.39 is 0 Å². The minimum absolute atomic E-state index is 0.212. The number of nitrogens with one attached hydrogen (secondary N) is 1. The molecule has 0 amide bonds. The third-order valence-corrected chi connectivity index (χ3v) is 3.15. The van der Waals surface area contributed by atoms with E-state index in [1.807, 2.05) is 19.1 Å². The molecule has 2 rings (SSSR count). The van der Waals surface area contributed by atoms with E-state index in [9.17, 15) is 4.79 Å². The number of ether oxygens (including phenoxy) is 2. The van der Waals surface area contributed by atoms with Gasteiger partial charge in [-0.2, -0.15) is 0 Å². The van der Waals surface area contributed by atoms with Crippen LogP contribution < -0.4 is 14.8 Å². The Kier molecular flexibility index (Phi) is 5.83. The van der Waals surface area contributed by atoms with Crippen LogP contribution in [0.1, 0.15) is 13.3 Å². The Morgan fingerprint density at radius 3 is 2.70 bits per heavy atom. The van der Waals surface area contributed by atoms with Crippen LogP contribution in [0.25, 0.3) is 0 Å². The number of carbonyl (C=O) groups is 1. The molecule has 1 aromatic rings. The van der Waals surface area contributed by atoms with Crippen LogP contribution in [-0.4, -0.2) is 50.2 Å². The highest BCUT2D eigenvalue weighted by molar-refractivity contribution is 5.74. The first-order chi connectivity index (χ1) is 9.78. The molecule has 1 heterocycles. The smallest absolute Gasteiger partial charge is 0.325 e. The lowest BCUT2D eigenvalue weighted by molar-refractivity contribution is -0.135. The summed E-state index contributed by atoms with van der Waals surface area (Å²) in [5.41, 5.74) is 0. The fourth-order valence-electron chi connectivity index (χ4n) is 2.18. The summed E-state index contributed by atoms with van der Waals surface area (Å²) < 4.78 is 10.7. The van der Waals surface area contributed by atoms with Crippen molar-refractivity contribution in [2.75, 3.05) is 39.3 Å². The molecule has 1 saturated heterocycles. The number of esters is 1. The van der Waals surface area contributed by atoms with Gasteiger partial charge in [0.05, 0.1) is 13.2 Å². The number of rotatable bonds is 5. The monoisotopic (exact) mass is 278 g/mol. The highest BCUT2D eigenvalue weighted by Gasteiger charge is 2.14. The lowest BCUT2D eigenvalue weighted by atomic mass is 10.3. The maximum Gasteiger partial charge on any atom is 0.325 e. The lowest BCUT2D eigenvalue weighted by Gasteiger charge is -2.18. The molecule has 20 heavy (non-hydrogen) atoms. The number of nitrogens with zero attached hydrogens (tertiary/aromatic N) is 1. The van der Waals surface area contributed by atoms with E-state index in [0.29, 0.717) is 18.9 Å². The van der Waals surface area contributed by atoms with Crippen molar-refractivity contribution in [2.45, 2.75) is 13.3 Å². The summed E-state index contributed by atoms with van der Waals surface area (Å²) in [4.78, 5) is 14.0. The Balaban J connectivity index is 1.81. The second-order valence-corrected chi connectivity index (χ2v) is 4.76. The van der Waals surface area contributed by atoms with Crippen molar-refractivity contribution in [1.29, 1.82) is 0 Å². The summed E-state index contributed by atoms with van der Waals surface area (Å²) >= 11 is 0. The van der Waals surface area contributed by atoms with Crippen molar-refractivity contribution in [3.8, 4) is 11.5 Å². The fourth-order valence-corrected chi connectivity index (χ4v) is 2.18. The lowest BCUT2D eigenvalue weighted by Crippen LogP contribution is -2.34. The molecule has 0 radical (unpaired) electrons. The first-order valence-corrected chi connectivity index (χ1v) is 7.14. The Morgan fingerprint density at radius 2 is 1.95 bits per heavy atom. The van der Waals surface area contributed by atoms with Gasteiger partial charge >= 0.3 is 5.97 Å². The Hall–Kier alpha value is -1.59. The summed E-state index contributed by atoms with van der Waals surface area (Å²) in [6.07, 6.45) is 1.07. The summed E-state index contributed by atoms with van der Waals surface area (Å²) in [6, 6.07) is 7.13. The zero-order valence-corrected chi connectivity index (χ0v) is 11.9. The van der Waals surface area contributed by atoms with Crippen molar-refractivity contribution in [2.24, 2.45) is 0 Å². The number of hydrogen-bond donors (Lipinski definition) is 1. The molecule has 0 spiro atoms. The van der Waals surface area contributed by atoms with Gasteiger partial charge in [-0.05, 0) is 50.7 Å². The van der Waals surface area contributed by atoms with Crippen LogP contribution in [-0.2, 0) is 4.79 Å². The molecule has 5 heteroatoms. The average Bonchev–Trinajstić information content (AvgIpc) is 2.70. The van der Waals surface area contributed by atoms with E-state index in [2.05, 4.69) is 10.2 Å². The molecule has 1 aliphatic rings. The molecular weight excluding hydrogens is 256 g/mol. The summed E-state index contributed by atoms with van der Waals surface area (Å²) in [5.74, 6) is 1.13. The molecular formula is C15H22N2O3. The third kappa shape index (κ3) is 4.83. The van der Waals surface area contributed by atoms with Crippen molar-refractivity contribution >= 4 is 5.97 Å². The molecule has 0 aromatic heterocycles. The van der Waals surface area contributed by atoms with Crippen molar-refractivity contribution < 1.29 is 14.3 Å². The summed E-state index contributed by atoms with van der Waals surface area (Å²) in [5, 5.41) is 3.31.